The van der Waals surface area contributed by atoms with E-state index in [1.165, 1.54) is 11.3 Å². The lowest BCUT2D eigenvalue weighted by atomic mass is 10.2. The normalized spacial score (nSPS) is 13.2. The number of hydrogen-bond donors (Lipinski definition) is 0. The summed E-state index contributed by atoms with van der Waals surface area (Å²) in [5.74, 6) is 1.63. The monoisotopic (exact) mass is 480 g/mol. The van der Waals surface area contributed by atoms with Crippen molar-refractivity contribution in [2.75, 3.05) is 7.11 Å². The number of benzene rings is 2. The van der Waals surface area contributed by atoms with Gasteiger partial charge in [0, 0.05) is 27.6 Å². The third-order valence-corrected chi connectivity index (χ3v) is 6.58. The Bertz CT molecular complexity index is 1250. The van der Waals surface area contributed by atoms with Crippen LogP contribution in [0.25, 0.3) is 22.0 Å². The summed E-state index contributed by atoms with van der Waals surface area (Å²) in [4.78, 5) is 19.6. The molecule has 0 saturated heterocycles. The van der Waals surface area contributed by atoms with Crippen LogP contribution in [-0.2, 0) is 17.8 Å². The highest BCUT2D eigenvalue weighted by Crippen LogP contribution is 2.31. The number of amides is 1. The first-order valence-electron chi connectivity index (χ1n) is 10.6. The predicted octanol–water partition coefficient (Wildman–Crippen LogP) is 5.26. The molecule has 0 atom stereocenters. The van der Waals surface area contributed by atoms with Crippen LogP contribution in [0.1, 0.15) is 24.4 Å². The van der Waals surface area contributed by atoms with E-state index < -0.39 is 0 Å². The molecule has 1 amide bonds. The molecule has 0 N–H and O–H groups in total. The summed E-state index contributed by atoms with van der Waals surface area (Å²) in [7, 11) is 1.64. The van der Waals surface area contributed by atoms with Crippen molar-refractivity contribution in [2.45, 2.75) is 31.8 Å². The van der Waals surface area contributed by atoms with Gasteiger partial charge in [0.15, 0.2) is 0 Å². The van der Waals surface area contributed by atoms with Gasteiger partial charge in [-0.05, 0) is 61.4 Å². The molecule has 7 nitrogen and oxygen atoms in total. The van der Waals surface area contributed by atoms with Crippen LogP contribution in [0.15, 0.2) is 58.3 Å². The van der Waals surface area contributed by atoms with E-state index in [0.717, 1.165) is 40.4 Å². The van der Waals surface area contributed by atoms with Crippen LogP contribution in [0.2, 0.25) is 5.02 Å². The van der Waals surface area contributed by atoms with Gasteiger partial charge < -0.3 is 14.1 Å². The molecule has 1 fully saturated rings. The van der Waals surface area contributed by atoms with Crippen molar-refractivity contribution in [1.29, 1.82) is 0 Å². The zero-order chi connectivity index (χ0) is 22.8. The summed E-state index contributed by atoms with van der Waals surface area (Å²) in [6.07, 6.45) is 2.21. The number of aromatic nitrogens is 3. The predicted molar refractivity (Wildman–Crippen MR) is 126 cm³/mol. The van der Waals surface area contributed by atoms with Crippen LogP contribution >= 0.6 is 22.9 Å². The first-order valence-corrected chi connectivity index (χ1v) is 11.8. The SMILES string of the molecule is COc1ccc(-c2nc(CC(=O)N(Cc3nnc(-c4ccc(Cl)cc4)o3)C3CC3)cs2)cc1. The maximum Gasteiger partial charge on any atom is 0.247 e. The van der Waals surface area contributed by atoms with Gasteiger partial charge in [-0.2, -0.15) is 0 Å². The van der Waals surface area contributed by atoms with Crippen LogP contribution in [0.4, 0.5) is 0 Å². The molecule has 168 valence electrons. The zero-order valence-electron chi connectivity index (χ0n) is 17.9. The van der Waals surface area contributed by atoms with Crippen molar-refractivity contribution >= 4 is 28.8 Å². The molecule has 5 rings (SSSR count). The molecule has 9 heteroatoms. The molecule has 1 saturated carbocycles. The average molecular weight is 481 g/mol. The number of nitrogens with zero attached hydrogens (tertiary/aromatic N) is 4. The molecule has 4 aromatic rings. The molecule has 1 aliphatic rings. The number of carbonyl (C=O) groups excluding carboxylic acids is 1. The Morgan fingerprint density at radius 3 is 2.55 bits per heavy atom. The summed E-state index contributed by atoms with van der Waals surface area (Å²) in [6, 6.07) is 15.1. The van der Waals surface area contributed by atoms with Gasteiger partial charge >= 0.3 is 0 Å². The molecule has 1 aliphatic carbocycles. The number of halogens is 1. The molecule has 2 heterocycles. The van der Waals surface area contributed by atoms with E-state index in [2.05, 4.69) is 15.2 Å². The Hall–Kier alpha value is -3.23. The smallest absolute Gasteiger partial charge is 0.247 e. The van der Waals surface area contributed by atoms with Gasteiger partial charge in [-0.25, -0.2) is 4.98 Å². The number of hydrogen-bond acceptors (Lipinski definition) is 7. The van der Waals surface area contributed by atoms with Crippen LogP contribution in [-0.4, -0.2) is 39.1 Å². The standard InChI is InChI=1S/C24H21ClN4O3S/c1-31-20-10-4-16(5-11-20)24-26-18(14-33-24)12-22(30)29(19-8-9-19)13-21-27-28-23(32-21)15-2-6-17(25)7-3-15/h2-7,10-11,14,19H,8-9,12-13H2,1H3. The Morgan fingerprint density at radius 2 is 1.85 bits per heavy atom. The van der Waals surface area contributed by atoms with Crippen LogP contribution in [0.5, 0.6) is 5.75 Å². The Kier molecular flexibility index (Phi) is 6.11. The lowest BCUT2D eigenvalue weighted by Crippen LogP contribution is -2.34. The first kappa shape index (κ1) is 21.6. The maximum atomic E-state index is 13.1. The molecule has 0 aliphatic heterocycles. The highest BCUT2D eigenvalue weighted by atomic mass is 35.5. The number of ether oxygens (including phenoxy) is 1. The van der Waals surface area contributed by atoms with E-state index in [1.54, 1.807) is 19.2 Å². The largest absolute Gasteiger partial charge is 0.497 e. The minimum absolute atomic E-state index is 0.00956. The van der Waals surface area contributed by atoms with Crippen molar-refractivity contribution < 1.29 is 13.9 Å². The van der Waals surface area contributed by atoms with E-state index in [-0.39, 0.29) is 18.4 Å². The second kappa shape index (κ2) is 9.33. The average Bonchev–Trinajstić information content (AvgIpc) is 3.38. The number of methoxy groups -OCH3 is 1. The Balaban J connectivity index is 1.26. The van der Waals surface area contributed by atoms with E-state index in [9.17, 15) is 4.79 Å². The highest BCUT2D eigenvalue weighted by molar-refractivity contribution is 7.13. The molecular formula is C24H21ClN4O3S. The topological polar surface area (TPSA) is 81.4 Å². The third kappa shape index (κ3) is 5.07. The summed E-state index contributed by atoms with van der Waals surface area (Å²) < 4.78 is 11.0. The third-order valence-electron chi connectivity index (χ3n) is 5.39. The van der Waals surface area contributed by atoms with Crippen molar-refractivity contribution in [1.82, 2.24) is 20.1 Å². The van der Waals surface area contributed by atoms with Gasteiger partial charge in [-0.1, -0.05) is 11.6 Å². The minimum Gasteiger partial charge on any atom is -0.497 e. The minimum atomic E-state index is 0.00956. The molecule has 0 radical (unpaired) electrons. The summed E-state index contributed by atoms with van der Waals surface area (Å²) in [6.45, 7) is 0.291. The fourth-order valence-electron chi connectivity index (χ4n) is 3.49. The lowest BCUT2D eigenvalue weighted by Gasteiger charge is -2.20. The number of carbonyl (C=O) groups is 1. The molecule has 2 aromatic carbocycles. The van der Waals surface area contributed by atoms with Crippen LogP contribution in [0, 0.1) is 0 Å². The molecule has 0 unspecified atom stereocenters. The van der Waals surface area contributed by atoms with Gasteiger partial charge in [0.1, 0.15) is 10.8 Å². The second-order valence-electron chi connectivity index (χ2n) is 7.81. The van der Waals surface area contributed by atoms with Crippen LogP contribution < -0.4 is 4.74 Å². The molecule has 0 spiro atoms. The van der Waals surface area contributed by atoms with Gasteiger partial charge in [-0.3, -0.25) is 4.79 Å². The zero-order valence-corrected chi connectivity index (χ0v) is 19.5. The fourth-order valence-corrected chi connectivity index (χ4v) is 4.44. The Morgan fingerprint density at radius 1 is 1.12 bits per heavy atom. The maximum absolute atomic E-state index is 13.1. The van der Waals surface area contributed by atoms with Crippen molar-refractivity contribution in [3.63, 3.8) is 0 Å². The van der Waals surface area contributed by atoms with Gasteiger partial charge in [0.05, 0.1) is 25.8 Å². The van der Waals surface area contributed by atoms with Crippen molar-refractivity contribution in [2.24, 2.45) is 0 Å². The number of rotatable bonds is 8. The van der Waals surface area contributed by atoms with E-state index in [4.69, 9.17) is 20.8 Å². The molecule has 2 aromatic heterocycles. The van der Waals surface area contributed by atoms with Gasteiger partial charge in [0.25, 0.3) is 0 Å². The fraction of sp³-hybridized carbons (Fsp3) is 0.250. The second-order valence-corrected chi connectivity index (χ2v) is 9.10. The van der Waals surface area contributed by atoms with Crippen molar-refractivity contribution in [3.8, 4) is 27.8 Å². The molecule has 0 bridgehead atoms. The first-order chi connectivity index (χ1) is 16.1. The summed E-state index contributed by atoms with van der Waals surface area (Å²) in [5, 5.41) is 11.7. The summed E-state index contributed by atoms with van der Waals surface area (Å²) >= 11 is 7.47. The summed E-state index contributed by atoms with van der Waals surface area (Å²) in [5.41, 5.74) is 2.55. The van der Waals surface area contributed by atoms with Crippen molar-refractivity contribution in [3.05, 3.63) is 70.5 Å². The van der Waals surface area contributed by atoms with Crippen LogP contribution in [0.3, 0.4) is 0 Å². The van der Waals surface area contributed by atoms with E-state index in [1.807, 2.05) is 46.7 Å². The Labute approximate surface area is 200 Å². The highest BCUT2D eigenvalue weighted by Gasteiger charge is 2.34. The molecule has 33 heavy (non-hydrogen) atoms. The van der Waals surface area contributed by atoms with Gasteiger partial charge in [-0.15, -0.1) is 21.5 Å². The number of thiazole rings is 1. The van der Waals surface area contributed by atoms with E-state index >= 15 is 0 Å². The molecular weight excluding hydrogens is 460 g/mol. The van der Waals surface area contributed by atoms with Gasteiger partial charge in [0.2, 0.25) is 17.7 Å². The van der Waals surface area contributed by atoms with E-state index in [0.29, 0.717) is 23.3 Å². The lowest BCUT2D eigenvalue weighted by molar-refractivity contribution is -0.132. The quantitative estimate of drug-likeness (QED) is 0.342.